The molecule has 0 heterocycles. The van der Waals surface area contributed by atoms with Crippen LogP contribution in [0, 0.1) is 0 Å². The summed E-state index contributed by atoms with van der Waals surface area (Å²) >= 11 is 12.1. The Morgan fingerprint density at radius 1 is 0.269 bits per heavy atom. The Bertz CT molecular complexity index is 3190. The highest BCUT2D eigenvalue weighted by Crippen LogP contribution is 2.57. The number of fused-ring (bicyclic) bond motifs is 2. The molecule has 0 spiro atoms. The summed E-state index contributed by atoms with van der Waals surface area (Å²) in [6.45, 7) is 26.7. The first-order valence-corrected chi connectivity index (χ1v) is 25.3. The molecular weight excluding hydrogens is 1020 g/mol. The topological polar surface area (TPSA) is 36.9 Å². The molecule has 0 aliphatic carbocycles. The van der Waals surface area contributed by atoms with Crippen LogP contribution >= 0.6 is 47.8 Å². The second kappa shape index (κ2) is 17.2. The average Bonchev–Trinajstić information content (AvgIpc) is 3.24. The molecule has 9 aromatic rings. The Balaban J connectivity index is 1.41. The van der Waals surface area contributed by atoms with Gasteiger partial charge in [0.15, 0.2) is 0 Å². The van der Waals surface area contributed by atoms with Gasteiger partial charge in [-0.3, -0.25) is 0 Å². The highest BCUT2D eigenvalue weighted by Gasteiger charge is 2.29. The first kappa shape index (κ1) is 47.0. The lowest BCUT2D eigenvalue weighted by Gasteiger charge is -2.25. The fraction of sp³-hybridized carbons (Fsp3) is 0.267. The van der Waals surface area contributed by atoms with Gasteiger partial charge in [-0.25, -0.2) is 0 Å². The van der Waals surface area contributed by atoms with E-state index < -0.39 is 0 Å². The lowest BCUT2D eigenvalue weighted by molar-refractivity contribution is 0.481. The molecule has 0 aliphatic heterocycles. The van der Waals surface area contributed by atoms with E-state index in [4.69, 9.17) is 18.9 Å². The van der Waals surface area contributed by atoms with Crippen molar-refractivity contribution in [3.05, 3.63) is 163 Å². The van der Waals surface area contributed by atoms with Crippen molar-refractivity contribution in [2.24, 2.45) is 0 Å². The van der Waals surface area contributed by atoms with Crippen LogP contribution in [0.25, 0.3) is 43.1 Å². The summed E-state index contributed by atoms with van der Waals surface area (Å²) < 4.78 is 31.0. The lowest BCUT2D eigenvalue weighted by Crippen LogP contribution is -2.10. The van der Waals surface area contributed by atoms with E-state index in [9.17, 15) is 0 Å². The minimum absolute atomic E-state index is 0.00994. The summed E-state index contributed by atoms with van der Waals surface area (Å²) in [6, 6.07) is 44.1. The Morgan fingerprint density at radius 3 is 0.851 bits per heavy atom. The summed E-state index contributed by atoms with van der Waals surface area (Å²) in [4.78, 5) is 0. The van der Waals surface area contributed by atoms with Gasteiger partial charge in [0, 0.05) is 51.1 Å². The van der Waals surface area contributed by atoms with Crippen molar-refractivity contribution < 1.29 is 18.9 Å². The highest BCUT2D eigenvalue weighted by atomic mass is 79.9. The maximum atomic E-state index is 7.10. The molecule has 67 heavy (non-hydrogen) atoms. The second-order valence-corrected chi connectivity index (χ2v) is 24.4. The first-order chi connectivity index (χ1) is 31.5. The maximum Gasteiger partial charge on any atom is 0.137 e. The van der Waals surface area contributed by atoms with Crippen LogP contribution in [0.3, 0.4) is 0 Å². The van der Waals surface area contributed by atoms with E-state index in [1.807, 2.05) is 0 Å². The normalized spacial score (nSPS) is 12.7. The van der Waals surface area contributed by atoms with Crippen LogP contribution in [0.15, 0.2) is 141 Å². The van der Waals surface area contributed by atoms with Crippen molar-refractivity contribution in [2.75, 3.05) is 0 Å². The van der Waals surface area contributed by atoms with Crippen LogP contribution in [-0.4, -0.2) is 0 Å². The molecule has 0 saturated carbocycles. The first-order valence-electron chi connectivity index (χ1n) is 22.9. The molecule has 0 fully saturated rings. The fourth-order valence-corrected chi connectivity index (χ4v) is 10.9. The van der Waals surface area contributed by atoms with Crippen molar-refractivity contribution >= 4 is 90.9 Å². The Morgan fingerprint density at radius 2 is 0.537 bits per heavy atom. The van der Waals surface area contributed by atoms with Crippen LogP contribution in [0.2, 0.25) is 0 Å². The molecule has 4 nitrogen and oxygen atoms in total. The minimum Gasteiger partial charge on any atom is -0.457 e. The summed E-state index contributed by atoms with van der Waals surface area (Å²) in [6.07, 6.45) is 0. The van der Waals surface area contributed by atoms with Crippen molar-refractivity contribution in [3.8, 4) is 46.0 Å². The van der Waals surface area contributed by atoms with Gasteiger partial charge in [-0.05, 0) is 160 Å². The van der Waals surface area contributed by atoms with Gasteiger partial charge >= 0.3 is 0 Å². The van der Waals surface area contributed by atoms with Crippen LogP contribution in [0.5, 0.6) is 46.0 Å². The summed E-state index contributed by atoms with van der Waals surface area (Å²) in [5.41, 5.74) is 4.85. The molecule has 9 aromatic carbocycles. The number of rotatable bonds is 8. The Labute approximate surface area is 420 Å². The van der Waals surface area contributed by atoms with Crippen molar-refractivity contribution in [1.82, 2.24) is 0 Å². The lowest BCUT2D eigenvalue weighted by atomic mass is 9.87. The molecule has 342 valence electrons. The van der Waals surface area contributed by atoms with E-state index >= 15 is 0 Å². The zero-order chi connectivity index (χ0) is 48.0. The molecule has 0 aliphatic rings. The molecule has 7 heteroatoms. The third-order valence-electron chi connectivity index (χ3n) is 12.7. The van der Waals surface area contributed by atoms with Crippen molar-refractivity contribution in [2.45, 2.75) is 105 Å². The van der Waals surface area contributed by atoms with Crippen LogP contribution in [-0.2, 0) is 21.7 Å². The van der Waals surface area contributed by atoms with Gasteiger partial charge < -0.3 is 18.9 Å². The summed E-state index contributed by atoms with van der Waals surface area (Å²) in [7, 11) is 0. The molecule has 0 N–H and O–H groups in total. The quantitative estimate of drug-likeness (QED) is 0.112. The van der Waals surface area contributed by atoms with E-state index in [1.54, 1.807) is 0 Å². The third kappa shape index (κ3) is 9.16. The largest absolute Gasteiger partial charge is 0.457 e. The zero-order valence-electron chi connectivity index (χ0n) is 40.4. The number of benzene rings is 9. The molecule has 0 saturated heterocycles. The van der Waals surface area contributed by atoms with Gasteiger partial charge in [0.05, 0.1) is 0 Å². The molecule has 0 amide bonds. The van der Waals surface area contributed by atoms with E-state index in [-0.39, 0.29) is 21.7 Å². The maximum absolute atomic E-state index is 7.10. The van der Waals surface area contributed by atoms with Gasteiger partial charge in [-0.1, -0.05) is 148 Å². The van der Waals surface area contributed by atoms with E-state index in [1.165, 1.54) is 22.3 Å². The number of hydrogen-bond acceptors (Lipinski definition) is 4. The number of halogens is 3. The highest BCUT2D eigenvalue weighted by molar-refractivity contribution is 9.11. The van der Waals surface area contributed by atoms with Gasteiger partial charge in [0.1, 0.15) is 46.0 Å². The van der Waals surface area contributed by atoms with Gasteiger partial charge in [0.25, 0.3) is 0 Å². The average molecular weight is 1080 g/mol. The fourth-order valence-electron chi connectivity index (χ4n) is 8.84. The van der Waals surface area contributed by atoms with Crippen molar-refractivity contribution in [1.29, 1.82) is 0 Å². The molecule has 9 rings (SSSR count). The standard InChI is InChI=1S/C60H57Br3O4/c1-57(2,3)34-13-21-38(22-14-34)64-46-30-29-42-43(61)31-47(65-39-23-15-35(16-24-39)58(4,5)6)53-50(42)52(46)54-48(66-40-25-17-36(18-26-40)59(7,8)9)32-44(62)51-45(63)33-49(55(53)56(51)54)67-41-27-19-37(20-28-41)60(10,11)12/h13-33H,1-12H3. The molecule has 0 unspecified atom stereocenters. The van der Waals surface area contributed by atoms with Crippen LogP contribution in [0.1, 0.15) is 105 Å². The minimum atomic E-state index is -0.0143. The smallest absolute Gasteiger partial charge is 0.137 e. The third-order valence-corrected chi connectivity index (χ3v) is 14.6. The molecule has 0 aromatic heterocycles. The molecule has 0 bridgehead atoms. The Kier molecular flexibility index (Phi) is 12.0. The molecular formula is C60H57Br3O4. The summed E-state index contributed by atoms with van der Waals surface area (Å²) in [5.74, 6) is 5.56. The molecule has 0 atom stereocenters. The SMILES string of the molecule is CC(C)(C)c1ccc(Oc2ccc3c(Br)cc(Oc4ccc(C(C)(C)C)cc4)c4c5c(Oc6ccc(C(C)(C)C)cc6)cc(Br)c6c(Br)cc(Oc7ccc(C(C)(C)C)cc7)c(c2c34)c65)cc1. The number of ether oxygens (including phenoxy) is 4. The molecule has 0 radical (unpaired) electrons. The predicted octanol–water partition coefficient (Wildman–Crippen LogP) is 20.4. The van der Waals surface area contributed by atoms with Gasteiger partial charge in [0.2, 0.25) is 0 Å². The van der Waals surface area contributed by atoms with Gasteiger partial charge in [-0.2, -0.15) is 0 Å². The zero-order valence-corrected chi connectivity index (χ0v) is 45.1. The van der Waals surface area contributed by atoms with E-state index in [0.29, 0.717) is 23.0 Å². The van der Waals surface area contributed by atoms with E-state index in [0.717, 1.165) is 79.5 Å². The second-order valence-electron chi connectivity index (χ2n) is 21.8. The number of hydrogen-bond donors (Lipinski definition) is 0. The summed E-state index contributed by atoms with van der Waals surface area (Å²) in [5, 5.41) is 7.33. The Hall–Kier alpha value is -5.08. The monoisotopic (exact) mass is 1080 g/mol. The van der Waals surface area contributed by atoms with Crippen LogP contribution in [0.4, 0.5) is 0 Å². The van der Waals surface area contributed by atoms with E-state index in [2.05, 4.69) is 258 Å². The van der Waals surface area contributed by atoms with Gasteiger partial charge in [-0.15, -0.1) is 0 Å². The predicted molar refractivity (Wildman–Crippen MR) is 292 cm³/mol. The van der Waals surface area contributed by atoms with Crippen molar-refractivity contribution in [3.63, 3.8) is 0 Å². The van der Waals surface area contributed by atoms with Crippen LogP contribution < -0.4 is 18.9 Å².